The molecule has 0 unspecified atom stereocenters. The molecule has 22 heavy (non-hydrogen) atoms. The number of furan rings is 1. The highest BCUT2D eigenvalue weighted by atomic mass is 16.3. The second kappa shape index (κ2) is 6.78. The van der Waals surface area contributed by atoms with E-state index < -0.39 is 0 Å². The smallest absolute Gasteiger partial charge is 0.203 e. The highest BCUT2D eigenvalue weighted by Gasteiger charge is 2.29. The molecule has 3 rings (SSSR count). The summed E-state index contributed by atoms with van der Waals surface area (Å²) in [4.78, 5) is 2.49. The molecule has 2 aromatic rings. The highest BCUT2D eigenvalue weighted by Crippen LogP contribution is 2.19. The predicted octanol–water partition coefficient (Wildman–Crippen LogP) is 2.76. The molecule has 4 heteroatoms. The van der Waals surface area contributed by atoms with E-state index in [-0.39, 0.29) is 0 Å². The SMILES string of the molecule is C[C@H]1CN(Cc2ccccc2)C[C@H]1NCc1ccc(C#N)o1. The molecule has 1 saturated heterocycles. The molecule has 1 aliphatic heterocycles. The zero-order chi connectivity index (χ0) is 15.4. The Balaban J connectivity index is 1.51. The first-order chi connectivity index (χ1) is 10.7. The number of nitrogens with one attached hydrogen (secondary N) is 1. The Bertz CT molecular complexity index is 644. The maximum atomic E-state index is 8.78. The van der Waals surface area contributed by atoms with Crippen LogP contribution in [0.15, 0.2) is 46.9 Å². The second-order valence-electron chi connectivity index (χ2n) is 6.02. The van der Waals surface area contributed by atoms with Gasteiger partial charge in [-0.25, -0.2) is 0 Å². The number of rotatable bonds is 5. The maximum absolute atomic E-state index is 8.78. The number of nitriles is 1. The third kappa shape index (κ3) is 3.56. The van der Waals surface area contributed by atoms with Gasteiger partial charge in [0.05, 0.1) is 6.54 Å². The minimum Gasteiger partial charge on any atom is -0.449 e. The summed E-state index contributed by atoms with van der Waals surface area (Å²) in [5.74, 6) is 1.81. The van der Waals surface area contributed by atoms with Crippen LogP contribution in [-0.2, 0) is 13.1 Å². The molecule has 1 aromatic heterocycles. The zero-order valence-corrected chi connectivity index (χ0v) is 12.8. The molecule has 114 valence electrons. The monoisotopic (exact) mass is 295 g/mol. The molecule has 4 nitrogen and oxygen atoms in total. The van der Waals surface area contributed by atoms with Gasteiger partial charge >= 0.3 is 0 Å². The van der Waals surface area contributed by atoms with E-state index in [1.165, 1.54) is 5.56 Å². The summed E-state index contributed by atoms with van der Waals surface area (Å²) in [5, 5.41) is 12.3. The minimum absolute atomic E-state index is 0.377. The van der Waals surface area contributed by atoms with E-state index >= 15 is 0 Å². The van der Waals surface area contributed by atoms with Crippen molar-refractivity contribution in [1.29, 1.82) is 5.26 Å². The Hall–Kier alpha value is -2.09. The fourth-order valence-electron chi connectivity index (χ4n) is 3.07. The van der Waals surface area contributed by atoms with Gasteiger partial charge in [-0.15, -0.1) is 0 Å². The van der Waals surface area contributed by atoms with Crippen LogP contribution in [0.25, 0.3) is 0 Å². The van der Waals surface area contributed by atoms with Crippen LogP contribution in [0.3, 0.4) is 0 Å². The van der Waals surface area contributed by atoms with Gasteiger partial charge in [0.25, 0.3) is 0 Å². The fraction of sp³-hybridized carbons (Fsp3) is 0.389. The maximum Gasteiger partial charge on any atom is 0.203 e. The standard InChI is InChI=1S/C18H21N3O/c1-14-11-21(12-15-5-3-2-4-6-15)13-18(14)20-10-17-8-7-16(9-19)22-17/h2-8,14,18,20H,10-13H2,1H3/t14-,18+/m0/s1. The number of nitrogens with zero attached hydrogens (tertiary/aromatic N) is 2. The summed E-state index contributed by atoms with van der Waals surface area (Å²) >= 11 is 0. The van der Waals surface area contributed by atoms with Crippen molar-refractivity contribution in [3.63, 3.8) is 0 Å². The molecule has 1 aromatic carbocycles. The Morgan fingerprint density at radius 3 is 2.77 bits per heavy atom. The predicted molar refractivity (Wildman–Crippen MR) is 84.9 cm³/mol. The normalized spacial score (nSPS) is 21.8. The van der Waals surface area contributed by atoms with E-state index in [1.54, 1.807) is 6.07 Å². The van der Waals surface area contributed by atoms with Crippen molar-refractivity contribution in [3.05, 3.63) is 59.5 Å². The topological polar surface area (TPSA) is 52.2 Å². The van der Waals surface area contributed by atoms with Crippen molar-refractivity contribution in [2.75, 3.05) is 13.1 Å². The molecular weight excluding hydrogens is 274 g/mol. The van der Waals surface area contributed by atoms with Gasteiger partial charge in [-0.2, -0.15) is 5.26 Å². The van der Waals surface area contributed by atoms with Crippen LogP contribution in [0, 0.1) is 17.2 Å². The lowest BCUT2D eigenvalue weighted by atomic mass is 10.1. The summed E-state index contributed by atoms with van der Waals surface area (Å²) in [6.07, 6.45) is 0. The summed E-state index contributed by atoms with van der Waals surface area (Å²) in [7, 11) is 0. The summed E-state index contributed by atoms with van der Waals surface area (Å²) in [5.41, 5.74) is 1.36. The van der Waals surface area contributed by atoms with Crippen molar-refractivity contribution in [2.45, 2.75) is 26.1 Å². The van der Waals surface area contributed by atoms with Crippen molar-refractivity contribution < 1.29 is 4.42 Å². The lowest BCUT2D eigenvalue weighted by Crippen LogP contribution is -2.34. The van der Waals surface area contributed by atoms with E-state index in [2.05, 4.69) is 47.5 Å². The third-order valence-electron chi connectivity index (χ3n) is 4.25. The van der Waals surface area contributed by atoms with E-state index in [0.717, 1.165) is 25.4 Å². The fourth-order valence-corrected chi connectivity index (χ4v) is 3.07. The van der Waals surface area contributed by atoms with Crippen molar-refractivity contribution >= 4 is 0 Å². The third-order valence-corrected chi connectivity index (χ3v) is 4.25. The molecule has 2 heterocycles. The number of hydrogen-bond acceptors (Lipinski definition) is 4. The van der Waals surface area contributed by atoms with E-state index in [0.29, 0.717) is 24.3 Å². The van der Waals surface area contributed by atoms with Gasteiger partial charge in [-0.1, -0.05) is 37.3 Å². The van der Waals surface area contributed by atoms with E-state index in [9.17, 15) is 0 Å². The van der Waals surface area contributed by atoms with Gasteiger partial charge in [0, 0.05) is 25.7 Å². The van der Waals surface area contributed by atoms with Crippen molar-refractivity contribution in [3.8, 4) is 6.07 Å². The van der Waals surface area contributed by atoms with Crippen LogP contribution in [0.1, 0.15) is 24.0 Å². The van der Waals surface area contributed by atoms with Gasteiger partial charge < -0.3 is 9.73 Å². The van der Waals surface area contributed by atoms with Gasteiger partial charge in [0.2, 0.25) is 5.76 Å². The molecule has 0 bridgehead atoms. The Labute approximate surface area is 131 Å². The first-order valence-electron chi connectivity index (χ1n) is 7.73. The van der Waals surface area contributed by atoms with Gasteiger partial charge in [0.15, 0.2) is 0 Å². The summed E-state index contributed by atoms with van der Waals surface area (Å²) in [6, 6.07) is 16.7. The molecule has 0 spiro atoms. The number of likely N-dealkylation sites (tertiary alicyclic amines) is 1. The zero-order valence-electron chi connectivity index (χ0n) is 12.8. The Morgan fingerprint density at radius 1 is 1.23 bits per heavy atom. The van der Waals surface area contributed by atoms with E-state index in [1.807, 2.05) is 12.1 Å². The molecule has 1 fully saturated rings. The average molecular weight is 295 g/mol. The van der Waals surface area contributed by atoms with Crippen LogP contribution in [-0.4, -0.2) is 24.0 Å². The van der Waals surface area contributed by atoms with Crippen LogP contribution < -0.4 is 5.32 Å². The lowest BCUT2D eigenvalue weighted by Gasteiger charge is -2.16. The average Bonchev–Trinajstić information content (AvgIpc) is 3.13. The Morgan fingerprint density at radius 2 is 2.05 bits per heavy atom. The molecule has 1 N–H and O–H groups in total. The van der Waals surface area contributed by atoms with Crippen LogP contribution >= 0.6 is 0 Å². The van der Waals surface area contributed by atoms with Gasteiger partial charge in [-0.3, -0.25) is 4.90 Å². The molecule has 2 atom stereocenters. The van der Waals surface area contributed by atoms with Gasteiger partial charge in [0.1, 0.15) is 11.8 Å². The highest BCUT2D eigenvalue weighted by molar-refractivity contribution is 5.19. The largest absolute Gasteiger partial charge is 0.449 e. The molecule has 1 aliphatic rings. The lowest BCUT2D eigenvalue weighted by molar-refractivity contribution is 0.315. The van der Waals surface area contributed by atoms with Crippen molar-refractivity contribution in [2.24, 2.45) is 5.92 Å². The quantitative estimate of drug-likeness (QED) is 0.921. The minimum atomic E-state index is 0.377. The molecular formula is C18H21N3O. The van der Waals surface area contributed by atoms with Crippen LogP contribution in [0.4, 0.5) is 0 Å². The summed E-state index contributed by atoms with van der Waals surface area (Å²) in [6.45, 7) is 6.11. The molecule has 0 aliphatic carbocycles. The second-order valence-corrected chi connectivity index (χ2v) is 6.02. The molecule has 0 saturated carbocycles. The number of hydrogen-bond donors (Lipinski definition) is 1. The first-order valence-corrected chi connectivity index (χ1v) is 7.73. The van der Waals surface area contributed by atoms with Crippen molar-refractivity contribution in [1.82, 2.24) is 10.2 Å². The Kier molecular flexibility index (Phi) is 4.57. The van der Waals surface area contributed by atoms with Crippen LogP contribution in [0.2, 0.25) is 0 Å². The van der Waals surface area contributed by atoms with E-state index in [4.69, 9.17) is 9.68 Å². The first kappa shape index (κ1) is 14.8. The summed E-state index contributed by atoms with van der Waals surface area (Å²) < 4.78 is 5.41. The van der Waals surface area contributed by atoms with Gasteiger partial charge in [-0.05, 0) is 23.6 Å². The molecule has 0 amide bonds. The van der Waals surface area contributed by atoms with Crippen LogP contribution in [0.5, 0.6) is 0 Å². The molecule has 0 radical (unpaired) electrons. The number of benzene rings is 1.